The Hall–Kier alpha value is -1.50. The molecule has 0 spiro atoms. The highest BCUT2D eigenvalue weighted by Gasteiger charge is 2.31. The molecule has 0 aromatic heterocycles. The minimum atomic E-state index is -1.24. The van der Waals surface area contributed by atoms with Gasteiger partial charge in [0.15, 0.2) is 0 Å². The molecular weight excluding hydrogens is 420 g/mol. The van der Waals surface area contributed by atoms with E-state index in [0.717, 1.165) is 0 Å². The van der Waals surface area contributed by atoms with Crippen molar-refractivity contribution in [2.45, 2.75) is 57.5 Å². The molecule has 5 atom stereocenters. The van der Waals surface area contributed by atoms with Gasteiger partial charge in [-0.3, -0.25) is 14.4 Å². The number of amides is 3. The zero-order valence-corrected chi connectivity index (χ0v) is 18.8. The topological polar surface area (TPSA) is 171 Å². The highest BCUT2D eigenvalue weighted by atomic mass is 32.2. The second kappa shape index (κ2) is 13.7. The van der Waals surface area contributed by atoms with Crippen LogP contribution in [0.1, 0.15) is 27.2 Å². The second-order valence-electron chi connectivity index (χ2n) is 6.92. The van der Waals surface area contributed by atoms with E-state index in [9.17, 15) is 24.3 Å². The first-order chi connectivity index (χ1) is 13.5. The monoisotopic (exact) mass is 452 g/mol. The maximum atomic E-state index is 12.7. The summed E-state index contributed by atoms with van der Waals surface area (Å²) in [6, 6.07) is -4.37. The van der Waals surface area contributed by atoms with Crippen LogP contribution in [-0.4, -0.2) is 81.9 Å². The molecule has 0 rings (SSSR count). The number of thioether (sulfide) groups is 1. The maximum Gasteiger partial charge on any atom is 0.327 e. The van der Waals surface area contributed by atoms with Crippen LogP contribution >= 0.6 is 24.4 Å². The molecule has 0 aromatic carbocycles. The van der Waals surface area contributed by atoms with Crippen LogP contribution in [0.2, 0.25) is 0 Å². The molecule has 10 nitrogen and oxygen atoms in total. The molecule has 12 heteroatoms. The number of aliphatic carboxylic acids is 1. The summed E-state index contributed by atoms with van der Waals surface area (Å²) in [4.78, 5) is 48.5. The van der Waals surface area contributed by atoms with E-state index in [0.29, 0.717) is 5.75 Å². The molecule has 3 amide bonds. The molecule has 0 aliphatic rings. The number of aliphatic hydroxyl groups is 1. The highest BCUT2D eigenvalue weighted by molar-refractivity contribution is 7.98. The van der Waals surface area contributed by atoms with Crippen molar-refractivity contribution in [3.05, 3.63) is 0 Å². The normalized spacial score (nSPS) is 16.3. The molecule has 0 fully saturated rings. The summed E-state index contributed by atoms with van der Waals surface area (Å²) in [6.07, 6.45) is 1.03. The fourth-order valence-electron chi connectivity index (χ4n) is 2.23. The molecule has 0 heterocycles. The minimum absolute atomic E-state index is 0.108. The Labute approximate surface area is 180 Å². The van der Waals surface area contributed by atoms with Gasteiger partial charge in [-0.15, -0.1) is 0 Å². The van der Waals surface area contributed by atoms with Crippen LogP contribution in [0, 0.1) is 5.92 Å². The lowest BCUT2D eigenvalue weighted by Gasteiger charge is -2.27. The summed E-state index contributed by atoms with van der Waals surface area (Å²) < 4.78 is 0. The number of nitrogens with one attached hydrogen (secondary N) is 3. The van der Waals surface area contributed by atoms with Crippen molar-refractivity contribution in [2.75, 3.05) is 17.8 Å². The first-order valence-electron chi connectivity index (χ1n) is 9.13. The molecule has 7 N–H and O–H groups in total. The van der Waals surface area contributed by atoms with Crippen molar-refractivity contribution in [3.63, 3.8) is 0 Å². The number of carboxylic acids is 1. The quantitative estimate of drug-likeness (QED) is 0.167. The SMILES string of the molecule is CSCCC(NC(=O)C(N)C(C)O)C(=O)NC(C(=O)NC(CS)C(=O)O)C(C)C. The van der Waals surface area contributed by atoms with Crippen LogP contribution in [0.25, 0.3) is 0 Å². The average Bonchev–Trinajstić information content (AvgIpc) is 2.65. The van der Waals surface area contributed by atoms with E-state index in [1.54, 1.807) is 13.8 Å². The van der Waals surface area contributed by atoms with Crippen molar-refractivity contribution in [1.29, 1.82) is 0 Å². The summed E-state index contributed by atoms with van der Waals surface area (Å²) in [5.74, 6) is -3.08. The van der Waals surface area contributed by atoms with Crippen molar-refractivity contribution < 1.29 is 29.4 Å². The lowest BCUT2D eigenvalue weighted by molar-refractivity contribution is -0.142. The predicted molar refractivity (Wildman–Crippen MR) is 115 cm³/mol. The molecule has 0 bridgehead atoms. The van der Waals surface area contributed by atoms with Crippen LogP contribution in [0.3, 0.4) is 0 Å². The molecule has 0 aliphatic heterocycles. The third-order valence-electron chi connectivity index (χ3n) is 4.11. The Morgan fingerprint density at radius 2 is 1.55 bits per heavy atom. The number of rotatable bonds is 13. The van der Waals surface area contributed by atoms with Gasteiger partial charge < -0.3 is 31.9 Å². The van der Waals surface area contributed by atoms with E-state index in [1.165, 1.54) is 18.7 Å². The van der Waals surface area contributed by atoms with E-state index < -0.39 is 54.0 Å². The zero-order valence-electron chi connectivity index (χ0n) is 17.0. The standard InChI is InChI=1S/C17H32N4O6S2/c1-8(2)13(16(25)20-11(7-28)17(26)27)21-14(23)10(5-6-29-4)19-15(24)12(18)9(3)22/h8-13,22,28H,5-7,18H2,1-4H3,(H,19,24)(H,20,25)(H,21,23)(H,26,27). The first-order valence-corrected chi connectivity index (χ1v) is 11.2. The van der Waals surface area contributed by atoms with Gasteiger partial charge in [0, 0.05) is 5.75 Å². The lowest BCUT2D eigenvalue weighted by atomic mass is 10.0. The van der Waals surface area contributed by atoms with Gasteiger partial charge in [0.1, 0.15) is 24.2 Å². The molecule has 29 heavy (non-hydrogen) atoms. The number of thiol groups is 1. The Bertz CT molecular complexity index is 576. The summed E-state index contributed by atoms with van der Waals surface area (Å²) in [7, 11) is 0. The van der Waals surface area contributed by atoms with E-state index >= 15 is 0 Å². The summed E-state index contributed by atoms with van der Waals surface area (Å²) in [5.41, 5.74) is 5.61. The van der Waals surface area contributed by atoms with Gasteiger partial charge in [-0.25, -0.2) is 4.79 Å². The van der Waals surface area contributed by atoms with Gasteiger partial charge in [-0.2, -0.15) is 24.4 Å². The largest absolute Gasteiger partial charge is 0.480 e. The summed E-state index contributed by atoms with van der Waals surface area (Å²) >= 11 is 5.37. The molecule has 0 aliphatic carbocycles. The highest BCUT2D eigenvalue weighted by Crippen LogP contribution is 2.07. The summed E-state index contributed by atoms with van der Waals surface area (Å²) in [6.45, 7) is 4.75. The Balaban J connectivity index is 5.30. The number of carbonyl (C=O) groups excluding carboxylic acids is 3. The van der Waals surface area contributed by atoms with Gasteiger partial charge in [0.25, 0.3) is 0 Å². The molecule has 0 aromatic rings. The molecule has 168 valence electrons. The fourth-order valence-corrected chi connectivity index (χ4v) is 2.95. The number of aliphatic hydroxyl groups excluding tert-OH is 1. The molecule has 5 unspecified atom stereocenters. The van der Waals surface area contributed by atoms with E-state index in [-0.39, 0.29) is 18.1 Å². The third kappa shape index (κ3) is 9.70. The van der Waals surface area contributed by atoms with Gasteiger partial charge in [-0.1, -0.05) is 13.8 Å². The molecule has 0 saturated heterocycles. The fraction of sp³-hybridized carbons (Fsp3) is 0.765. The Morgan fingerprint density at radius 3 is 1.97 bits per heavy atom. The predicted octanol–water partition coefficient (Wildman–Crippen LogP) is -1.43. The Morgan fingerprint density at radius 1 is 1.00 bits per heavy atom. The number of carboxylic acid groups (broad SMARTS) is 1. The number of nitrogens with two attached hydrogens (primary N) is 1. The third-order valence-corrected chi connectivity index (χ3v) is 5.12. The van der Waals surface area contributed by atoms with Gasteiger partial charge in [0.05, 0.1) is 6.10 Å². The number of carbonyl (C=O) groups is 4. The van der Waals surface area contributed by atoms with Gasteiger partial charge in [0.2, 0.25) is 17.7 Å². The lowest BCUT2D eigenvalue weighted by Crippen LogP contribution is -2.59. The van der Waals surface area contributed by atoms with Crippen LogP contribution < -0.4 is 21.7 Å². The number of hydrogen-bond donors (Lipinski definition) is 7. The Kier molecular flexibility index (Phi) is 13.0. The molecule has 0 radical (unpaired) electrons. The second-order valence-corrected chi connectivity index (χ2v) is 8.27. The van der Waals surface area contributed by atoms with Crippen molar-refractivity contribution in [1.82, 2.24) is 16.0 Å². The van der Waals surface area contributed by atoms with Crippen LogP contribution in [0.5, 0.6) is 0 Å². The molecule has 0 saturated carbocycles. The van der Waals surface area contributed by atoms with Crippen LogP contribution in [-0.2, 0) is 19.2 Å². The van der Waals surface area contributed by atoms with Gasteiger partial charge in [-0.05, 0) is 31.3 Å². The smallest absolute Gasteiger partial charge is 0.327 e. The maximum absolute atomic E-state index is 12.7. The first kappa shape index (κ1) is 27.5. The van der Waals surface area contributed by atoms with Crippen LogP contribution in [0.15, 0.2) is 0 Å². The minimum Gasteiger partial charge on any atom is -0.480 e. The van der Waals surface area contributed by atoms with Crippen LogP contribution in [0.4, 0.5) is 0 Å². The molecular formula is C17H32N4O6S2. The van der Waals surface area contributed by atoms with E-state index in [4.69, 9.17) is 10.8 Å². The van der Waals surface area contributed by atoms with E-state index in [1.807, 2.05) is 6.26 Å². The van der Waals surface area contributed by atoms with Crippen molar-refractivity contribution in [2.24, 2.45) is 11.7 Å². The van der Waals surface area contributed by atoms with E-state index in [2.05, 4.69) is 28.6 Å². The van der Waals surface area contributed by atoms with Crippen molar-refractivity contribution >= 4 is 48.1 Å². The average molecular weight is 453 g/mol. The van der Waals surface area contributed by atoms with Crippen molar-refractivity contribution in [3.8, 4) is 0 Å². The summed E-state index contributed by atoms with van der Waals surface area (Å²) in [5, 5.41) is 25.9. The zero-order chi connectivity index (χ0) is 22.7. The van der Waals surface area contributed by atoms with Gasteiger partial charge >= 0.3 is 5.97 Å². The number of hydrogen-bond acceptors (Lipinski definition) is 8.